The Bertz CT molecular complexity index is 996. The van der Waals surface area contributed by atoms with Crippen molar-refractivity contribution in [3.8, 4) is 18.0 Å². The van der Waals surface area contributed by atoms with E-state index in [-0.39, 0.29) is 17.8 Å². The van der Waals surface area contributed by atoms with Crippen LogP contribution in [0.2, 0.25) is 5.15 Å². The third kappa shape index (κ3) is 4.25. The molecule has 2 aliphatic heterocycles. The molecule has 9 heteroatoms. The summed E-state index contributed by atoms with van der Waals surface area (Å²) in [4.78, 5) is 10.8. The number of hydrogen-bond donors (Lipinski definition) is 1. The number of nitrogens with one attached hydrogen (secondary N) is 1. The summed E-state index contributed by atoms with van der Waals surface area (Å²) in [6.07, 6.45) is 2.54. The summed E-state index contributed by atoms with van der Waals surface area (Å²) in [6, 6.07) is 8.13. The molecule has 0 saturated carbocycles. The van der Waals surface area contributed by atoms with Crippen LogP contribution in [0.25, 0.3) is 0 Å². The lowest BCUT2D eigenvalue weighted by molar-refractivity contribution is -0.0813. The number of hydrogen-bond acceptors (Lipinski definition) is 8. The number of halogens is 1. The summed E-state index contributed by atoms with van der Waals surface area (Å²) in [6.45, 7) is 3.42. The molecular weight excluding hydrogens is 392 g/mol. The Labute approximate surface area is 173 Å². The van der Waals surface area contributed by atoms with Gasteiger partial charge in [0, 0.05) is 37.5 Å². The molecule has 29 heavy (non-hydrogen) atoms. The second-order valence-electron chi connectivity index (χ2n) is 6.95. The fourth-order valence-corrected chi connectivity index (χ4v) is 3.74. The van der Waals surface area contributed by atoms with Crippen molar-refractivity contribution in [2.75, 3.05) is 31.6 Å². The van der Waals surface area contributed by atoms with E-state index in [1.54, 1.807) is 6.20 Å². The lowest BCUT2D eigenvalue weighted by Gasteiger charge is -2.31. The lowest BCUT2D eigenvalue weighted by Crippen LogP contribution is -2.38. The van der Waals surface area contributed by atoms with Crippen LogP contribution < -0.4 is 10.1 Å². The van der Waals surface area contributed by atoms with Crippen molar-refractivity contribution >= 4 is 17.4 Å². The fraction of sp³-hybridized carbons (Fsp3) is 0.400. The molecule has 0 radical (unpaired) electrons. The second kappa shape index (κ2) is 8.62. The minimum Gasteiger partial charge on any atom is -0.469 e. The lowest BCUT2D eigenvalue weighted by atomic mass is 9.96. The Morgan fingerprint density at radius 2 is 2.21 bits per heavy atom. The van der Waals surface area contributed by atoms with Gasteiger partial charge in [-0.3, -0.25) is 4.90 Å². The molecule has 8 nitrogen and oxygen atoms in total. The Kier molecular flexibility index (Phi) is 5.77. The third-order valence-corrected chi connectivity index (χ3v) is 5.25. The van der Waals surface area contributed by atoms with Crippen molar-refractivity contribution < 1.29 is 9.47 Å². The van der Waals surface area contributed by atoms with E-state index in [9.17, 15) is 5.26 Å². The number of nitriles is 2. The molecule has 0 atom stereocenters. The van der Waals surface area contributed by atoms with Crippen LogP contribution in [0.5, 0.6) is 5.88 Å². The summed E-state index contributed by atoms with van der Waals surface area (Å²) in [7, 11) is 0. The van der Waals surface area contributed by atoms with Gasteiger partial charge in [0.15, 0.2) is 0 Å². The highest BCUT2D eigenvalue weighted by Crippen LogP contribution is 2.32. The van der Waals surface area contributed by atoms with Gasteiger partial charge in [-0.1, -0.05) is 11.6 Å². The minimum atomic E-state index is 0.0757. The van der Waals surface area contributed by atoms with Gasteiger partial charge in [0.25, 0.3) is 0 Å². The molecule has 0 amide bonds. The highest BCUT2D eigenvalue weighted by molar-refractivity contribution is 6.30. The van der Waals surface area contributed by atoms with Gasteiger partial charge in [-0.25, -0.2) is 9.97 Å². The maximum absolute atomic E-state index is 9.57. The first-order valence-electron chi connectivity index (χ1n) is 9.31. The predicted octanol–water partition coefficient (Wildman–Crippen LogP) is 2.27. The van der Waals surface area contributed by atoms with Gasteiger partial charge in [-0.15, -0.1) is 0 Å². The van der Waals surface area contributed by atoms with Crippen LogP contribution in [0.4, 0.5) is 5.82 Å². The molecule has 1 saturated heterocycles. The maximum Gasteiger partial charge on any atom is 0.213 e. The van der Waals surface area contributed by atoms with Crippen LogP contribution >= 0.6 is 11.6 Å². The van der Waals surface area contributed by atoms with Crippen LogP contribution in [0.3, 0.4) is 0 Å². The van der Waals surface area contributed by atoms with Crippen LogP contribution in [-0.2, 0) is 24.2 Å². The molecule has 148 valence electrons. The quantitative estimate of drug-likeness (QED) is 0.570. The fourth-order valence-electron chi connectivity index (χ4n) is 3.50. The molecule has 1 fully saturated rings. The highest BCUT2D eigenvalue weighted by Gasteiger charge is 2.26. The van der Waals surface area contributed by atoms with Gasteiger partial charge in [-0.05, 0) is 23.6 Å². The van der Waals surface area contributed by atoms with Gasteiger partial charge >= 0.3 is 0 Å². The van der Waals surface area contributed by atoms with E-state index in [1.807, 2.05) is 18.2 Å². The van der Waals surface area contributed by atoms with Crippen molar-refractivity contribution in [3.63, 3.8) is 0 Å². The largest absolute Gasteiger partial charge is 0.469 e. The summed E-state index contributed by atoms with van der Waals surface area (Å²) < 4.78 is 10.9. The van der Waals surface area contributed by atoms with E-state index in [4.69, 9.17) is 26.3 Å². The Morgan fingerprint density at radius 1 is 1.34 bits per heavy atom. The molecule has 4 rings (SSSR count). The Hall–Kier alpha value is -2.91. The summed E-state index contributed by atoms with van der Waals surface area (Å²) >= 11 is 6.23. The first-order valence-corrected chi connectivity index (χ1v) is 9.69. The van der Waals surface area contributed by atoms with E-state index in [0.29, 0.717) is 43.6 Å². The van der Waals surface area contributed by atoms with Crippen molar-refractivity contribution in [2.45, 2.75) is 25.6 Å². The SMILES string of the molecule is N#CCNc1nc(Cl)c(C#N)c2c1CCN(Cc1ccnc(OC3COC3)c1)C2. The summed E-state index contributed by atoms with van der Waals surface area (Å²) in [5, 5.41) is 21.6. The number of rotatable bonds is 6. The molecule has 0 unspecified atom stereocenters. The zero-order chi connectivity index (χ0) is 20.2. The van der Waals surface area contributed by atoms with Gasteiger partial charge < -0.3 is 14.8 Å². The van der Waals surface area contributed by atoms with Gasteiger partial charge in [0.1, 0.15) is 29.7 Å². The standard InChI is InChI=1S/C20H19ClN6O2/c21-19-16(8-23)17-10-27(6-2-15(17)20(26-19)25-5-3-22)9-13-1-4-24-18(7-13)29-14-11-28-12-14/h1,4,7,14H,2,5-6,9-12H2,(H,25,26). The van der Waals surface area contributed by atoms with Crippen LogP contribution in [0.1, 0.15) is 22.3 Å². The molecule has 4 heterocycles. The first-order chi connectivity index (χ1) is 14.2. The molecule has 2 aromatic heterocycles. The Balaban J connectivity index is 1.52. The molecule has 2 aromatic rings. The molecule has 2 aliphatic rings. The minimum absolute atomic E-state index is 0.0757. The van der Waals surface area contributed by atoms with Crippen LogP contribution in [0, 0.1) is 22.7 Å². The topological polar surface area (TPSA) is 107 Å². The number of anilines is 1. The smallest absolute Gasteiger partial charge is 0.213 e. The van der Waals surface area contributed by atoms with Gasteiger partial charge in [-0.2, -0.15) is 10.5 Å². The number of nitrogens with zero attached hydrogens (tertiary/aromatic N) is 5. The summed E-state index contributed by atoms with van der Waals surface area (Å²) in [5.41, 5.74) is 3.32. The average Bonchev–Trinajstić information content (AvgIpc) is 2.69. The monoisotopic (exact) mass is 410 g/mol. The molecule has 1 N–H and O–H groups in total. The third-order valence-electron chi connectivity index (χ3n) is 4.97. The predicted molar refractivity (Wildman–Crippen MR) is 105 cm³/mol. The number of aromatic nitrogens is 2. The molecular formula is C20H19ClN6O2. The first kappa shape index (κ1) is 19.4. The van der Waals surface area contributed by atoms with Crippen molar-refractivity contribution in [2.24, 2.45) is 0 Å². The molecule has 0 spiro atoms. The second-order valence-corrected chi connectivity index (χ2v) is 7.31. The van der Waals surface area contributed by atoms with Crippen LogP contribution in [0.15, 0.2) is 18.3 Å². The Morgan fingerprint density at radius 3 is 2.93 bits per heavy atom. The molecule has 0 aromatic carbocycles. The van der Waals surface area contributed by atoms with E-state index in [1.165, 1.54) is 0 Å². The zero-order valence-electron chi connectivity index (χ0n) is 15.7. The average molecular weight is 411 g/mol. The van der Waals surface area contributed by atoms with E-state index in [0.717, 1.165) is 29.7 Å². The number of pyridine rings is 2. The van der Waals surface area contributed by atoms with Crippen LogP contribution in [-0.4, -0.2) is 47.3 Å². The number of ether oxygens (including phenoxy) is 2. The highest BCUT2D eigenvalue weighted by atomic mass is 35.5. The maximum atomic E-state index is 9.57. The van der Waals surface area contributed by atoms with E-state index < -0.39 is 0 Å². The van der Waals surface area contributed by atoms with Crippen molar-refractivity contribution in [1.82, 2.24) is 14.9 Å². The van der Waals surface area contributed by atoms with Gasteiger partial charge in [0.2, 0.25) is 5.88 Å². The van der Waals surface area contributed by atoms with E-state index in [2.05, 4.69) is 26.3 Å². The molecule has 0 aliphatic carbocycles. The van der Waals surface area contributed by atoms with Crippen molar-refractivity contribution in [3.05, 3.63) is 45.7 Å². The molecule has 0 bridgehead atoms. The zero-order valence-corrected chi connectivity index (χ0v) is 16.4. The summed E-state index contributed by atoms with van der Waals surface area (Å²) in [5.74, 6) is 1.19. The number of fused-ring (bicyclic) bond motifs is 1. The van der Waals surface area contributed by atoms with Crippen molar-refractivity contribution in [1.29, 1.82) is 10.5 Å². The normalized spacial score (nSPS) is 16.2. The van der Waals surface area contributed by atoms with Gasteiger partial charge in [0.05, 0.1) is 24.8 Å². The van der Waals surface area contributed by atoms with E-state index >= 15 is 0 Å².